The maximum Gasteiger partial charge on any atom is 0.319 e. The van der Waals surface area contributed by atoms with E-state index in [1.807, 2.05) is 16.7 Å². The molecule has 5 nitrogen and oxygen atoms in total. The van der Waals surface area contributed by atoms with Crippen molar-refractivity contribution in [2.75, 3.05) is 0 Å². The van der Waals surface area contributed by atoms with Crippen LogP contribution in [0.2, 0.25) is 0 Å². The van der Waals surface area contributed by atoms with Crippen molar-refractivity contribution in [2.45, 2.75) is 50.2 Å². The Bertz CT molecular complexity index is 938. The van der Waals surface area contributed by atoms with Gasteiger partial charge in [-0.2, -0.15) is 8.78 Å². The Morgan fingerprint density at radius 1 is 1.18 bits per heavy atom. The highest BCUT2D eigenvalue weighted by Crippen LogP contribution is 2.29. The van der Waals surface area contributed by atoms with Crippen molar-refractivity contribution >= 4 is 11.8 Å². The number of halogens is 2. The zero-order valence-electron chi connectivity index (χ0n) is 16.1. The molecule has 2 heterocycles. The van der Waals surface area contributed by atoms with Crippen LogP contribution >= 0.6 is 11.8 Å². The van der Waals surface area contributed by atoms with E-state index in [4.69, 9.17) is 0 Å². The molecule has 0 N–H and O–H groups in total. The highest BCUT2D eigenvalue weighted by molar-refractivity contribution is 7.98. The van der Waals surface area contributed by atoms with Gasteiger partial charge in [0.05, 0.1) is 5.75 Å². The lowest BCUT2D eigenvalue weighted by Crippen LogP contribution is -2.10. The van der Waals surface area contributed by atoms with Crippen LogP contribution in [0.25, 0.3) is 11.4 Å². The summed E-state index contributed by atoms with van der Waals surface area (Å²) in [6.45, 7) is 8.22. The molecule has 0 bridgehead atoms. The molecule has 0 aliphatic carbocycles. The van der Waals surface area contributed by atoms with Crippen LogP contribution in [-0.4, -0.2) is 24.3 Å². The van der Waals surface area contributed by atoms with Gasteiger partial charge in [-0.25, -0.2) is 4.98 Å². The summed E-state index contributed by atoms with van der Waals surface area (Å²) in [7, 11) is 0. The van der Waals surface area contributed by atoms with Crippen LogP contribution < -0.4 is 0 Å². The standard InChI is InChI=1S/C20H23F2N5S/c1-5-11-27-17(14-6-8-15(9-7-14)20(2,3)4)24-25-19(27)28-13-16-23-10-12-26(16)18(21)22/h5-10,12,18H,1,11,13H2,2-4H3. The van der Waals surface area contributed by atoms with Gasteiger partial charge in [0, 0.05) is 24.5 Å². The van der Waals surface area contributed by atoms with E-state index in [0.29, 0.717) is 17.5 Å². The predicted octanol–water partition coefficient (Wildman–Crippen LogP) is 5.31. The number of imidazole rings is 1. The van der Waals surface area contributed by atoms with E-state index in [9.17, 15) is 8.78 Å². The monoisotopic (exact) mass is 403 g/mol. The molecule has 8 heteroatoms. The maximum atomic E-state index is 13.0. The minimum absolute atomic E-state index is 0.0704. The van der Waals surface area contributed by atoms with Gasteiger partial charge in [0.2, 0.25) is 0 Å². The Hall–Kier alpha value is -2.48. The molecule has 3 aromatic rings. The Kier molecular flexibility index (Phi) is 5.98. The zero-order valence-corrected chi connectivity index (χ0v) is 17.0. The van der Waals surface area contributed by atoms with Gasteiger partial charge >= 0.3 is 6.55 Å². The van der Waals surface area contributed by atoms with Crippen molar-refractivity contribution in [3.63, 3.8) is 0 Å². The summed E-state index contributed by atoms with van der Waals surface area (Å²) in [4.78, 5) is 4.01. The Balaban J connectivity index is 1.85. The SMILES string of the molecule is C=CCn1c(SCc2nccn2C(F)F)nnc1-c1ccc(C(C)(C)C)cc1. The van der Waals surface area contributed by atoms with Crippen LogP contribution in [-0.2, 0) is 17.7 Å². The van der Waals surface area contributed by atoms with Crippen LogP contribution in [0.15, 0.2) is 54.5 Å². The van der Waals surface area contributed by atoms with Gasteiger partial charge in [0.25, 0.3) is 0 Å². The van der Waals surface area contributed by atoms with E-state index in [1.165, 1.54) is 29.7 Å². The summed E-state index contributed by atoms with van der Waals surface area (Å²) < 4.78 is 28.8. The zero-order chi connectivity index (χ0) is 20.3. The van der Waals surface area contributed by atoms with Crippen molar-refractivity contribution in [3.8, 4) is 11.4 Å². The molecule has 0 radical (unpaired) electrons. The highest BCUT2D eigenvalue weighted by Gasteiger charge is 2.18. The van der Waals surface area contributed by atoms with Gasteiger partial charge < -0.3 is 0 Å². The number of nitrogens with zero attached hydrogens (tertiary/aromatic N) is 5. The summed E-state index contributed by atoms with van der Waals surface area (Å²) in [6.07, 6.45) is 4.41. The second-order valence-electron chi connectivity index (χ2n) is 7.35. The van der Waals surface area contributed by atoms with Gasteiger partial charge in [-0.1, -0.05) is 62.9 Å². The molecule has 1 aromatic carbocycles. The smallest absolute Gasteiger partial charge is 0.298 e. The summed E-state index contributed by atoms with van der Waals surface area (Å²) in [5.74, 6) is 1.29. The summed E-state index contributed by atoms with van der Waals surface area (Å²) >= 11 is 1.32. The number of hydrogen-bond donors (Lipinski definition) is 0. The molecule has 0 saturated heterocycles. The Labute approximate surface area is 167 Å². The molecule has 0 fully saturated rings. The molecule has 0 aliphatic heterocycles. The molecule has 0 saturated carbocycles. The van der Waals surface area contributed by atoms with Crippen LogP contribution in [0.3, 0.4) is 0 Å². The van der Waals surface area contributed by atoms with Crippen molar-refractivity contribution in [1.82, 2.24) is 24.3 Å². The molecule has 2 aromatic heterocycles. The molecule has 0 amide bonds. The van der Waals surface area contributed by atoms with Crippen molar-refractivity contribution in [1.29, 1.82) is 0 Å². The second-order valence-corrected chi connectivity index (χ2v) is 8.29. The lowest BCUT2D eigenvalue weighted by Gasteiger charge is -2.19. The third kappa shape index (κ3) is 4.32. The summed E-state index contributed by atoms with van der Waals surface area (Å²) in [6, 6.07) is 8.24. The molecule has 148 valence electrons. The number of allylic oxidation sites excluding steroid dienone is 1. The second kappa shape index (κ2) is 8.26. The topological polar surface area (TPSA) is 48.5 Å². The number of aromatic nitrogens is 5. The van der Waals surface area contributed by atoms with Crippen molar-refractivity contribution < 1.29 is 8.78 Å². The highest BCUT2D eigenvalue weighted by atomic mass is 32.2. The summed E-state index contributed by atoms with van der Waals surface area (Å²) in [5.41, 5.74) is 2.25. The predicted molar refractivity (Wildman–Crippen MR) is 107 cm³/mol. The van der Waals surface area contributed by atoms with Crippen LogP contribution in [0.4, 0.5) is 8.78 Å². The average Bonchev–Trinajstić information content (AvgIpc) is 3.27. The maximum absolute atomic E-state index is 13.0. The third-order valence-electron chi connectivity index (χ3n) is 4.33. The third-order valence-corrected chi connectivity index (χ3v) is 5.29. The molecule has 28 heavy (non-hydrogen) atoms. The van der Waals surface area contributed by atoms with E-state index in [0.717, 1.165) is 16.0 Å². The minimum atomic E-state index is -2.61. The average molecular weight is 404 g/mol. The van der Waals surface area contributed by atoms with E-state index >= 15 is 0 Å². The van der Waals surface area contributed by atoms with Gasteiger partial charge in [0.1, 0.15) is 5.82 Å². The first-order valence-electron chi connectivity index (χ1n) is 8.89. The fraction of sp³-hybridized carbons (Fsp3) is 0.350. The quantitative estimate of drug-likeness (QED) is 0.396. The van der Waals surface area contributed by atoms with Crippen LogP contribution in [0.5, 0.6) is 0 Å². The fourth-order valence-corrected chi connectivity index (χ4v) is 3.68. The largest absolute Gasteiger partial charge is 0.319 e. The van der Waals surface area contributed by atoms with Crippen molar-refractivity contribution in [3.05, 3.63) is 60.7 Å². The van der Waals surface area contributed by atoms with E-state index in [2.05, 4.69) is 54.7 Å². The molecule has 0 spiro atoms. The van der Waals surface area contributed by atoms with E-state index < -0.39 is 6.55 Å². The molecule has 0 unspecified atom stereocenters. The number of benzene rings is 1. The van der Waals surface area contributed by atoms with Gasteiger partial charge in [-0.15, -0.1) is 16.8 Å². The first-order valence-corrected chi connectivity index (χ1v) is 9.87. The number of rotatable bonds is 7. The van der Waals surface area contributed by atoms with E-state index in [-0.39, 0.29) is 11.2 Å². The molecule has 0 aliphatic rings. The fourth-order valence-electron chi connectivity index (χ4n) is 2.78. The first kappa shape index (κ1) is 20.3. The van der Waals surface area contributed by atoms with Crippen molar-refractivity contribution in [2.24, 2.45) is 0 Å². The Morgan fingerprint density at radius 3 is 2.50 bits per heavy atom. The Morgan fingerprint density at radius 2 is 1.89 bits per heavy atom. The van der Waals surface area contributed by atoms with Gasteiger partial charge in [0.15, 0.2) is 11.0 Å². The van der Waals surface area contributed by atoms with Crippen LogP contribution in [0, 0.1) is 0 Å². The molecular formula is C20H23F2N5S. The van der Waals surface area contributed by atoms with Gasteiger partial charge in [-0.3, -0.25) is 9.13 Å². The lowest BCUT2D eigenvalue weighted by molar-refractivity contribution is 0.0678. The van der Waals surface area contributed by atoms with E-state index in [1.54, 1.807) is 6.08 Å². The first-order chi connectivity index (χ1) is 13.3. The lowest BCUT2D eigenvalue weighted by atomic mass is 9.87. The number of hydrogen-bond acceptors (Lipinski definition) is 4. The number of thioether (sulfide) groups is 1. The molecule has 3 rings (SSSR count). The minimum Gasteiger partial charge on any atom is -0.298 e. The van der Waals surface area contributed by atoms with Gasteiger partial charge in [-0.05, 0) is 11.0 Å². The van der Waals surface area contributed by atoms with Crippen LogP contribution in [0.1, 0.15) is 38.7 Å². The normalized spacial score (nSPS) is 11.9. The molecular weight excluding hydrogens is 380 g/mol. The summed E-state index contributed by atoms with van der Waals surface area (Å²) in [5, 5.41) is 9.22. The molecule has 0 atom stereocenters. The number of alkyl halides is 2.